The molecule has 0 amide bonds. The Labute approximate surface area is 124 Å². The topological polar surface area (TPSA) is 41.6 Å². The third-order valence-electron chi connectivity index (χ3n) is 4.32. The minimum absolute atomic E-state index is 0.0320. The van der Waals surface area contributed by atoms with Gasteiger partial charge < -0.3 is 4.57 Å². The van der Waals surface area contributed by atoms with Gasteiger partial charge in [-0.15, -0.1) is 11.6 Å². The third-order valence-corrected chi connectivity index (χ3v) is 4.51. The van der Waals surface area contributed by atoms with Crippen LogP contribution in [0.15, 0.2) is 18.2 Å². The van der Waals surface area contributed by atoms with Crippen LogP contribution in [0.25, 0.3) is 11.0 Å². The molecular weight excluding hydrogens is 270 g/mol. The Morgan fingerprint density at radius 3 is 2.80 bits per heavy atom. The zero-order valence-electron chi connectivity index (χ0n) is 11.9. The van der Waals surface area contributed by atoms with E-state index >= 15 is 0 Å². The van der Waals surface area contributed by atoms with Gasteiger partial charge in [0.25, 0.3) is 0 Å². The summed E-state index contributed by atoms with van der Waals surface area (Å²) >= 11 is 5.93. The highest BCUT2D eigenvalue weighted by molar-refractivity contribution is 6.17. The number of hydrogen-bond donors (Lipinski definition) is 0. The molecular formula is C16H18ClN3. The minimum atomic E-state index is 0.0320. The molecule has 0 radical (unpaired) electrons. The van der Waals surface area contributed by atoms with Crippen LogP contribution in [-0.4, -0.2) is 15.4 Å². The van der Waals surface area contributed by atoms with E-state index in [4.69, 9.17) is 21.8 Å². The lowest BCUT2D eigenvalue weighted by atomic mass is 9.97. The lowest BCUT2D eigenvalue weighted by Gasteiger charge is -2.29. The second-order valence-corrected chi connectivity index (χ2v) is 6.42. The SMILES string of the molecule is CC(C)(C1CC1)n1c(CCCl)nc2ccc(C#N)cc21. The number of nitrogens with zero attached hydrogens (tertiary/aromatic N) is 3. The highest BCUT2D eigenvalue weighted by atomic mass is 35.5. The molecule has 0 N–H and O–H groups in total. The first-order valence-electron chi connectivity index (χ1n) is 7.06. The fourth-order valence-corrected chi connectivity index (χ4v) is 3.23. The largest absolute Gasteiger partial charge is 0.322 e. The van der Waals surface area contributed by atoms with Gasteiger partial charge in [0, 0.05) is 17.8 Å². The number of rotatable bonds is 4. The van der Waals surface area contributed by atoms with Crippen molar-refractivity contribution in [2.45, 2.75) is 38.6 Å². The van der Waals surface area contributed by atoms with E-state index in [0.717, 1.165) is 23.3 Å². The summed E-state index contributed by atoms with van der Waals surface area (Å²) in [5, 5.41) is 9.12. The zero-order chi connectivity index (χ0) is 14.3. The van der Waals surface area contributed by atoms with Crippen LogP contribution in [0.4, 0.5) is 0 Å². The molecule has 3 rings (SSSR count). The van der Waals surface area contributed by atoms with Crippen molar-refractivity contribution >= 4 is 22.6 Å². The predicted octanol–water partition coefficient (Wildman–Crippen LogP) is 3.83. The van der Waals surface area contributed by atoms with Gasteiger partial charge in [0.05, 0.1) is 22.7 Å². The van der Waals surface area contributed by atoms with E-state index in [-0.39, 0.29) is 5.54 Å². The summed E-state index contributed by atoms with van der Waals surface area (Å²) in [7, 11) is 0. The first-order valence-corrected chi connectivity index (χ1v) is 7.59. The molecule has 0 unspecified atom stereocenters. The van der Waals surface area contributed by atoms with Gasteiger partial charge >= 0.3 is 0 Å². The number of imidazole rings is 1. The monoisotopic (exact) mass is 287 g/mol. The first kappa shape index (κ1) is 13.5. The first-order chi connectivity index (χ1) is 9.57. The van der Waals surface area contributed by atoms with Crippen molar-refractivity contribution in [2.75, 3.05) is 5.88 Å². The molecule has 1 aliphatic carbocycles. The summed E-state index contributed by atoms with van der Waals surface area (Å²) in [5.41, 5.74) is 2.73. The highest BCUT2D eigenvalue weighted by Gasteiger charge is 2.41. The molecule has 2 aromatic rings. The van der Waals surface area contributed by atoms with Gasteiger partial charge in [0.2, 0.25) is 0 Å². The number of alkyl halides is 1. The Morgan fingerprint density at radius 1 is 1.45 bits per heavy atom. The van der Waals surface area contributed by atoms with E-state index in [1.807, 2.05) is 18.2 Å². The quantitative estimate of drug-likeness (QED) is 0.802. The number of halogens is 1. The molecule has 0 bridgehead atoms. The van der Waals surface area contributed by atoms with Crippen LogP contribution in [-0.2, 0) is 12.0 Å². The van der Waals surface area contributed by atoms with E-state index in [1.165, 1.54) is 12.8 Å². The number of hydrogen-bond acceptors (Lipinski definition) is 2. The molecule has 1 aliphatic rings. The van der Waals surface area contributed by atoms with Crippen molar-refractivity contribution in [3.63, 3.8) is 0 Å². The minimum Gasteiger partial charge on any atom is -0.322 e. The van der Waals surface area contributed by atoms with Gasteiger partial charge in [0.1, 0.15) is 5.82 Å². The molecule has 1 aromatic carbocycles. The van der Waals surface area contributed by atoms with Crippen LogP contribution in [0.2, 0.25) is 0 Å². The summed E-state index contributed by atoms with van der Waals surface area (Å²) in [5.74, 6) is 2.29. The lowest BCUT2D eigenvalue weighted by Crippen LogP contribution is -2.30. The molecule has 0 aliphatic heterocycles. The summed E-state index contributed by atoms with van der Waals surface area (Å²) in [6.07, 6.45) is 3.30. The van der Waals surface area contributed by atoms with Crippen molar-refractivity contribution in [2.24, 2.45) is 5.92 Å². The maximum Gasteiger partial charge on any atom is 0.111 e. The summed E-state index contributed by atoms with van der Waals surface area (Å²) in [4.78, 5) is 4.72. The summed E-state index contributed by atoms with van der Waals surface area (Å²) in [6.45, 7) is 4.53. The number of aryl methyl sites for hydroxylation is 1. The van der Waals surface area contributed by atoms with Crippen LogP contribution >= 0.6 is 11.6 Å². The molecule has 3 nitrogen and oxygen atoms in total. The normalized spacial score (nSPS) is 15.5. The van der Waals surface area contributed by atoms with E-state index in [1.54, 1.807) is 0 Å². The standard InChI is InChI=1S/C16H18ClN3/c1-16(2,12-4-5-12)20-14-9-11(10-18)3-6-13(14)19-15(20)7-8-17/h3,6,9,12H,4-5,7-8H2,1-2H3. The number of nitriles is 1. The molecule has 1 saturated carbocycles. The van der Waals surface area contributed by atoms with Crippen LogP contribution in [0.1, 0.15) is 38.1 Å². The van der Waals surface area contributed by atoms with E-state index < -0.39 is 0 Å². The molecule has 1 heterocycles. The van der Waals surface area contributed by atoms with E-state index in [9.17, 15) is 0 Å². The average molecular weight is 288 g/mol. The predicted molar refractivity (Wildman–Crippen MR) is 80.9 cm³/mol. The van der Waals surface area contributed by atoms with Gasteiger partial charge in [-0.25, -0.2) is 4.98 Å². The molecule has 1 aromatic heterocycles. The van der Waals surface area contributed by atoms with Crippen LogP contribution in [0.3, 0.4) is 0 Å². The Morgan fingerprint density at radius 2 is 2.20 bits per heavy atom. The van der Waals surface area contributed by atoms with Gasteiger partial charge in [0.15, 0.2) is 0 Å². The van der Waals surface area contributed by atoms with Crippen molar-refractivity contribution in [1.29, 1.82) is 5.26 Å². The Bertz CT molecular complexity index is 690. The highest BCUT2D eigenvalue weighted by Crippen LogP contribution is 2.45. The van der Waals surface area contributed by atoms with Gasteiger partial charge in [-0.3, -0.25) is 0 Å². The number of aromatic nitrogens is 2. The zero-order valence-corrected chi connectivity index (χ0v) is 12.6. The van der Waals surface area contributed by atoms with Gasteiger partial charge in [-0.2, -0.15) is 5.26 Å². The molecule has 20 heavy (non-hydrogen) atoms. The van der Waals surface area contributed by atoms with Crippen molar-refractivity contribution in [3.05, 3.63) is 29.6 Å². The number of benzene rings is 1. The van der Waals surface area contributed by atoms with Crippen LogP contribution < -0.4 is 0 Å². The van der Waals surface area contributed by atoms with E-state index in [2.05, 4.69) is 24.5 Å². The van der Waals surface area contributed by atoms with Crippen molar-refractivity contribution < 1.29 is 0 Å². The second kappa shape index (κ2) is 4.79. The number of fused-ring (bicyclic) bond motifs is 1. The Balaban J connectivity index is 2.24. The smallest absolute Gasteiger partial charge is 0.111 e. The maximum absolute atomic E-state index is 9.12. The second-order valence-electron chi connectivity index (χ2n) is 6.05. The summed E-state index contributed by atoms with van der Waals surface area (Å²) in [6, 6.07) is 7.93. The van der Waals surface area contributed by atoms with Gasteiger partial charge in [-0.1, -0.05) is 0 Å². The van der Waals surface area contributed by atoms with Crippen LogP contribution in [0, 0.1) is 17.2 Å². The molecule has 104 valence electrons. The fourth-order valence-electron chi connectivity index (χ4n) is 3.06. The fraction of sp³-hybridized carbons (Fsp3) is 0.500. The lowest BCUT2D eigenvalue weighted by molar-refractivity contribution is 0.305. The van der Waals surface area contributed by atoms with Gasteiger partial charge in [-0.05, 0) is 50.8 Å². The molecule has 1 fully saturated rings. The molecule has 0 saturated heterocycles. The average Bonchev–Trinajstić information content (AvgIpc) is 3.21. The Kier molecular flexibility index (Phi) is 3.22. The van der Waals surface area contributed by atoms with E-state index in [0.29, 0.717) is 17.4 Å². The third kappa shape index (κ3) is 2.09. The molecule has 0 spiro atoms. The molecule has 0 atom stereocenters. The van der Waals surface area contributed by atoms with Crippen molar-refractivity contribution in [1.82, 2.24) is 9.55 Å². The maximum atomic E-state index is 9.12. The van der Waals surface area contributed by atoms with Crippen molar-refractivity contribution in [3.8, 4) is 6.07 Å². The van der Waals surface area contributed by atoms with Crippen LogP contribution in [0.5, 0.6) is 0 Å². The Hall–Kier alpha value is -1.53. The summed E-state index contributed by atoms with van der Waals surface area (Å²) < 4.78 is 2.31. The molecule has 4 heteroatoms.